The van der Waals surface area contributed by atoms with Gasteiger partial charge in [-0.3, -0.25) is 30.6 Å². The fourth-order valence-corrected chi connectivity index (χ4v) is 2.80. The highest BCUT2D eigenvalue weighted by Gasteiger charge is 2.33. The second-order valence-corrected chi connectivity index (χ2v) is 7.25. The first kappa shape index (κ1) is 25.4. The monoisotopic (exact) mass is 468 g/mol. The number of benzene rings is 2. The summed E-state index contributed by atoms with van der Waals surface area (Å²) in [7, 11) is 0. The third kappa shape index (κ3) is 6.82. The summed E-state index contributed by atoms with van der Waals surface area (Å²) in [6, 6.07) is 7.08. The first-order chi connectivity index (χ1) is 15.4. The van der Waals surface area contributed by atoms with Gasteiger partial charge in [-0.15, -0.1) is 0 Å². The molecule has 2 aromatic rings. The van der Waals surface area contributed by atoms with Crippen LogP contribution in [0.1, 0.15) is 36.7 Å². The highest BCUT2D eigenvalue weighted by atomic mass is 19.4. The van der Waals surface area contributed by atoms with Gasteiger partial charge < -0.3 is 10.1 Å². The lowest BCUT2D eigenvalue weighted by molar-refractivity contribution is -0.384. The molecule has 0 aromatic heterocycles. The van der Waals surface area contributed by atoms with Crippen molar-refractivity contribution in [2.45, 2.75) is 33.0 Å². The predicted octanol–water partition coefficient (Wildman–Crippen LogP) is 3.91. The SMILES string of the molecule is CCOc1ccc(C(=O)NC(C(=O)NNc2ccc(C(F)(F)F)cc2[N+](=O)[O-])C(C)C)cc1. The Hall–Kier alpha value is -3.83. The number of rotatable bonds is 9. The van der Waals surface area contributed by atoms with E-state index in [1.54, 1.807) is 26.0 Å². The lowest BCUT2D eigenvalue weighted by Crippen LogP contribution is -2.51. The summed E-state index contributed by atoms with van der Waals surface area (Å²) in [5.41, 5.74) is 2.34. The van der Waals surface area contributed by atoms with E-state index in [0.29, 0.717) is 24.5 Å². The Labute approximate surface area is 187 Å². The van der Waals surface area contributed by atoms with Crippen molar-refractivity contribution in [2.24, 2.45) is 5.92 Å². The van der Waals surface area contributed by atoms with Gasteiger partial charge in [0.2, 0.25) is 0 Å². The van der Waals surface area contributed by atoms with Crippen molar-refractivity contribution in [1.29, 1.82) is 0 Å². The molecule has 2 amide bonds. The van der Waals surface area contributed by atoms with Crippen molar-refractivity contribution in [3.8, 4) is 5.75 Å². The Balaban J connectivity index is 2.11. The number of hydrogen-bond donors (Lipinski definition) is 3. The maximum atomic E-state index is 12.8. The molecule has 0 spiro atoms. The highest BCUT2D eigenvalue weighted by Crippen LogP contribution is 2.34. The Morgan fingerprint density at radius 3 is 2.27 bits per heavy atom. The van der Waals surface area contributed by atoms with Gasteiger partial charge in [-0.25, -0.2) is 0 Å². The van der Waals surface area contributed by atoms with Crippen LogP contribution in [0.25, 0.3) is 0 Å². The fourth-order valence-electron chi connectivity index (χ4n) is 2.80. The summed E-state index contributed by atoms with van der Waals surface area (Å²) >= 11 is 0. The number of carbonyl (C=O) groups excluding carboxylic acids is 2. The Morgan fingerprint density at radius 1 is 1.12 bits per heavy atom. The van der Waals surface area contributed by atoms with Gasteiger partial charge in [0.25, 0.3) is 17.5 Å². The van der Waals surface area contributed by atoms with Crippen molar-refractivity contribution in [3.63, 3.8) is 0 Å². The van der Waals surface area contributed by atoms with E-state index < -0.39 is 40.2 Å². The fraction of sp³-hybridized carbons (Fsp3) is 0.333. The number of hydrazine groups is 1. The molecule has 0 aliphatic heterocycles. The van der Waals surface area contributed by atoms with E-state index in [1.165, 1.54) is 12.1 Å². The van der Waals surface area contributed by atoms with Crippen LogP contribution in [0, 0.1) is 16.0 Å². The zero-order valence-electron chi connectivity index (χ0n) is 18.0. The van der Waals surface area contributed by atoms with E-state index in [9.17, 15) is 32.9 Å². The number of ether oxygens (including phenoxy) is 1. The molecule has 0 saturated carbocycles. The molecule has 0 saturated heterocycles. The molecule has 33 heavy (non-hydrogen) atoms. The standard InChI is InChI=1S/C21H23F3N4O5/c1-4-33-15-8-5-13(6-9-15)19(29)25-18(12(2)3)20(30)27-26-16-10-7-14(21(22,23)24)11-17(16)28(31)32/h5-12,18,26H,4H2,1-3H3,(H,25,29)(H,27,30). The number of alkyl halides is 3. The van der Waals surface area contributed by atoms with Crippen LogP contribution in [0.2, 0.25) is 0 Å². The zero-order chi connectivity index (χ0) is 24.8. The number of halogens is 3. The van der Waals surface area contributed by atoms with Gasteiger partial charge in [0.05, 0.1) is 17.1 Å². The van der Waals surface area contributed by atoms with Gasteiger partial charge in [0, 0.05) is 11.6 Å². The molecule has 12 heteroatoms. The number of nitro groups is 1. The third-order valence-electron chi connectivity index (χ3n) is 4.51. The maximum Gasteiger partial charge on any atom is 0.416 e. The molecule has 0 bridgehead atoms. The minimum Gasteiger partial charge on any atom is -0.494 e. The topological polar surface area (TPSA) is 123 Å². The quantitative estimate of drug-likeness (QED) is 0.379. The van der Waals surface area contributed by atoms with Crippen LogP contribution in [0.5, 0.6) is 5.75 Å². The molecule has 0 aliphatic rings. The average molecular weight is 468 g/mol. The first-order valence-electron chi connectivity index (χ1n) is 9.89. The van der Waals surface area contributed by atoms with Crippen molar-refractivity contribution >= 4 is 23.2 Å². The van der Waals surface area contributed by atoms with Crippen LogP contribution in [-0.4, -0.2) is 29.4 Å². The van der Waals surface area contributed by atoms with Gasteiger partial charge in [0.1, 0.15) is 17.5 Å². The van der Waals surface area contributed by atoms with E-state index in [-0.39, 0.29) is 17.2 Å². The molecule has 0 fully saturated rings. The van der Waals surface area contributed by atoms with E-state index in [2.05, 4.69) is 16.2 Å². The third-order valence-corrected chi connectivity index (χ3v) is 4.51. The van der Waals surface area contributed by atoms with E-state index in [1.807, 2.05) is 6.92 Å². The highest BCUT2D eigenvalue weighted by molar-refractivity contribution is 5.97. The number of carbonyl (C=O) groups is 2. The summed E-state index contributed by atoms with van der Waals surface area (Å²) in [6.07, 6.45) is -4.76. The molecule has 0 aliphatic carbocycles. The van der Waals surface area contributed by atoms with Gasteiger partial charge >= 0.3 is 6.18 Å². The summed E-state index contributed by atoms with van der Waals surface area (Å²) in [4.78, 5) is 35.3. The van der Waals surface area contributed by atoms with Crippen molar-refractivity contribution in [3.05, 3.63) is 63.7 Å². The Bertz CT molecular complexity index is 1010. The number of nitrogens with one attached hydrogen (secondary N) is 3. The van der Waals surface area contributed by atoms with Gasteiger partial charge in [-0.1, -0.05) is 13.8 Å². The molecule has 178 valence electrons. The van der Waals surface area contributed by atoms with Gasteiger partial charge in [-0.05, 0) is 49.2 Å². The van der Waals surface area contributed by atoms with Crippen molar-refractivity contribution in [1.82, 2.24) is 10.7 Å². The lowest BCUT2D eigenvalue weighted by atomic mass is 10.0. The van der Waals surface area contributed by atoms with Crippen LogP contribution in [0.4, 0.5) is 24.5 Å². The van der Waals surface area contributed by atoms with E-state index >= 15 is 0 Å². The molecule has 1 atom stereocenters. The van der Waals surface area contributed by atoms with E-state index in [4.69, 9.17) is 4.74 Å². The summed E-state index contributed by atoms with van der Waals surface area (Å²) < 4.78 is 43.8. The molecular formula is C21H23F3N4O5. The summed E-state index contributed by atoms with van der Waals surface area (Å²) in [6.45, 7) is 5.62. The normalized spacial score (nSPS) is 12.1. The predicted molar refractivity (Wildman–Crippen MR) is 114 cm³/mol. The molecule has 2 aromatic carbocycles. The lowest BCUT2D eigenvalue weighted by Gasteiger charge is -2.22. The van der Waals surface area contributed by atoms with Crippen molar-refractivity contribution in [2.75, 3.05) is 12.0 Å². The number of nitro benzene ring substituents is 1. The maximum absolute atomic E-state index is 12.8. The molecule has 3 N–H and O–H groups in total. The number of amides is 2. The van der Waals surface area contributed by atoms with Crippen LogP contribution in [0.15, 0.2) is 42.5 Å². The molecule has 2 rings (SSSR count). The number of nitrogens with zero attached hydrogens (tertiary/aromatic N) is 1. The molecule has 9 nitrogen and oxygen atoms in total. The van der Waals surface area contributed by atoms with Gasteiger partial charge in [0.15, 0.2) is 0 Å². The summed E-state index contributed by atoms with van der Waals surface area (Å²) in [5, 5.41) is 13.7. The molecule has 0 heterocycles. The van der Waals surface area contributed by atoms with Gasteiger partial charge in [-0.2, -0.15) is 13.2 Å². The van der Waals surface area contributed by atoms with Crippen LogP contribution in [0.3, 0.4) is 0 Å². The Kier molecular flexibility index (Phi) is 8.21. The number of anilines is 1. The zero-order valence-corrected chi connectivity index (χ0v) is 18.0. The van der Waals surface area contributed by atoms with Crippen LogP contribution in [-0.2, 0) is 11.0 Å². The molecule has 1 unspecified atom stereocenters. The van der Waals surface area contributed by atoms with Crippen LogP contribution < -0.4 is 20.9 Å². The first-order valence-corrected chi connectivity index (χ1v) is 9.89. The van der Waals surface area contributed by atoms with Crippen molar-refractivity contribution < 1.29 is 32.4 Å². The second-order valence-electron chi connectivity index (χ2n) is 7.25. The number of hydrogen-bond acceptors (Lipinski definition) is 6. The molecular weight excluding hydrogens is 445 g/mol. The minimum atomic E-state index is -4.76. The smallest absolute Gasteiger partial charge is 0.416 e. The average Bonchev–Trinajstić information content (AvgIpc) is 2.75. The largest absolute Gasteiger partial charge is 0.494 e. The summed E-state index contributed by atoms with van der Waals surface area (Å²) in [5.74, 6) is -1.07. The second kappa shape index (κ2) is 10.7. The minimum absolute atomic E-state index is 0.281. The Morgan fingerprint density at radius 2 is 1.76 bits per heavy atom. The van der Waals surface area contributed by atoms with E-state index in [0.717, 1.165) is 6.07 Å². The van der Waals surface area contributed by atoms with Crippen LogP contribution >= 0.6 is 0 Å². The molecule has 0 radical (unpaired) electrons.